The van der Waals surface area contributed by atoms with Crippen LogP contribution in [0.3, 0.4) is 0 Å². The smallest absolute Gasteiger partial charge is 0.145 e. The minimum absolute atomic E-state index is 0.190. The van der Waals surface area contributed by atoms with Crippen LogP contribution in [0.15, 0.2) is 18.2 Å². The predicted octanol–water partition coefficient (Wildman–Crippen LogP) is 3.75. The third kappa shape index (κ3) is 3.19. The van der Waals surface area contributed by atoms with E-state index in [0.29, 0.717) is 11.6 Å². The third-order valence-electron chi connectivity index (χ3n) is 2.63. The number of rotatable bonds is 4. The van der Waals surface area contributed by atoms with Gasteiger partial charge in [0.25, 0.3) is 0 Å². The Morgan fingerprint density at radius 1 is 1.38 bits per heavy atom. The van der Waals surface area contributed by atoms with Crippen LogP contribution in [0.4, 0.5) is 4.39 Å². The molecule has 0 heterocycles. The molecule has 1 N–H and O–H groups in total. The van der Waals surface area contributed by atoms with Crippen LogP contribution in [0.5, 0.6) is 0 Å². The fraction of sp³-hybridized carbons (Fsp3) is 0.538. The average Bonchev–Trinajstić information content (AvgIpc) is 2.19. The summed E-state index contributed by atoms with van der Waals surface area (Å²) < 4.78 is 13.9. The van der Waals surface area contributed by atoms with E-state index in [2.05, 4.69) is 19.2 Å². The van der Waals surface area contributed by atoms with Gasteiger partial charge in [0, 0.05) is 18.0 Å². The van der Waals surface area contributed by atoms with Crippen molar-refractivity contribution in [2.75, 3.05) is 6.54 Å². The molecule has 1 rings (SSSR count). The van der Waals surface area contributed by atoms with Gasteiger partial charge < -0.3 is 5.32 Å². The van der Waals surface area contributed by atoms with Crippen molar-refractivity contribution in [3.05, 3.63) is 34.6 Å². The van der Waals surface area contributed by atoms with Gasteiger partial charge >= 0.3 is 0 Å². The van der Waals surface area contributed by atoms with Gasteiger partial charge in [-0.3, -0.25) is 0 Å². The van der Waals surface area contributed by atoms with Crippen molar-refractivity contribution in [1.29, 1.82) is 0 Å². The van der Waals surface area contributed by atoms with Gasteiger partial charge in [-0.2, -0.15) is 0 Å². The fourth-order valence-electron chi connectivity index (χ4n) is 1.58. The first kappa shape index (κ1) is 13.5. The summed E-state index contributed by atoms with van der Waals surface area (Å²) in [4.78, 5) is 0. The lowest BCUT2D eigenvalue weighted by Gasteiger charge is -2.27. The van der Waals surface area contributed by atoms with E-state index >= 15 is 0 Å². The summed E-state index contributed by atoms with van der Waals surface area (Å²) in [5, 5.41) is 3.51. The van der Waals surface area contributed by atoms with E-state index in [1.54, 1.807) is 18.2 Å². The Balaban J connectivity index is 2.93. The molecule has 0 aromatic heterocycles. The quantitative estimate of drug-likeness (QED) is 0.849. The predicted molar refractivity (Wildman–Crippen MR) is 67.6 cm³/mol. The molecule has 1 aromatic rings. The van der Waals surface area contributed by atoms with Gasteiger partial charge in [0.05, 0.1) is 5.02 Å². The summed E-state index contributed by atoms with van der Waals surface area (Å²) in [5.41, 5.74) is 0.396. The van der Waals surface area contributed by atoms with Crippen LogP contribution < -0.4 is 5.32 Å². The second-order valence-electron chi connectivity index (χ2n) is 5.02. The van der Waals surface area contributed by atoms with Crippen LogP contribution in [-0.2, 0) is 5.41 Å². The van der Waals surface area contributed by atoms with Crippen LogP contribution in [0.25, 0.3) is 0 Å². The number of nitrogens with one attached hydrogen (secondary N) is 1. The normalized spacial score (nSPS) is 12.2. The van der Waals surface area contributed by atoms with Gasteiger partial charge in [0.15, 0.2) is 0 Å². The van der Waals surface area contributed by atoms with Crippen LogP contribution in [0.2, 0.25) is 5.02 Å². The molecular weight excluding hydrogens is 225 g/mol. The third-order valence-corrected chi connectivity index (χ3v) is 2.92. The summed E-state index contributed by atoms with van der Waals surface area (Å²) >= 11 is 5.79. The lowest BCUT2D eigenvalue weighted by atomic mass is 9.84. The van der Waals surface area contributed by atoms with E-state index in [1.807, 2.05) is 13.8 Å². The van der Waals surface area contributed by atoms with Gasteiger partial charge in [0.2, 0.25) is 0 Å². The lowest BCUT2D eigenvalue weighted by molar-refractivity contribution is 0.423. The maximum absolute atomic E-state index is 13.9. The van der Waals surface area contributed by atoms with Crippen molar-refractivity contribution in [1.82, 2.24) is 5.32 Å². The molecule has 0 amide bonds. The molecule has 0 unspecified atom stereocenters. The SMILES string of the molecule is CC(C)NCC(C)(C)c1cccc(Cl)c1F. The highest BCUT2D eigenvalue weighted by atomic mass is 35.5. The largest absolute Gasteiger partial charge is 0.314 e. The second-order valence-corrected chi connectivity index (χ2v) is 5.43. The molecule has 1 nitrogen and oxygen atoms in total. The summed E-state index contributed by atoms with van der Waals surface area (Å²) in [6.45, 7) is 8.89. The summed E-state index contributed by atoms with van der Waals surface area (Å²) in [7, 11) is 0. The Labute approximate surface area is 102 Å². The van der Waals surface area contributed by atoms with Crippen LogP contribution in [-0.4, -0.2) is 12.6 Å². The van der Waals surface area contributed by atoms with E-state index in [0.717, 1.165) is 6.54 Å². The zero-order valence-electron chi connectivity index (χ0n) is 10.3. The molecule has 0 aliphatic rings. The first-order valence-electron chi connectivity index (χ1n) is 5.52. The Bertz CT molecular complexity index is 361. The van der Waals surface area contributed by atoms with Crippen molar-refractivity contribution < 1.29 is 4.39 Å². The number of hydrogen-bond donors (Lipinski definition) is 1. The Morgan fingerprint density at radius 3 is 2.56 bits per heavy atom. The second kappa shape index (κ2) is 5.15. The van der Waals surface area contributed by atoms with Crippen molar-refractivity contribution in [3.63, 3.8) is 0 Å². The molecule has 0 atom stereocenters. The van der Waals surface area contributed by atoms with E-state index in [4.69, 9.17) is 11.6 Å². The highest BCUT2D eigenvalue weighted by Gasteiger charge is 2.25. The molecule has 0 saturated heterocycles. The number of benzene rings is 1. The molecular formula is C13H19ClFN. The van der Waals surface area contributed by atoms with Crippen molar-refractivity contribution >= 4 is 11.6 Å². The number of hydrogen-bond acceptors (Lipinski definition) is 1. The zero-order chi connectivity index (χ0) is 12.3. The van der Waals surface area contributed by atoms with E-state index in [9.17, 15) is 4.39 Å². The minimum atomic E-state index is -0.306. The maximum atomic E-state index is 13.9. The average molecular weight is 244 g/mol. The maximum Gasteiger partial charge on any atom is 0.145 e. The molecule has 0 aliphatic heterocycles. The Morgan fingerprint density at radius 2 is 2.00 bits per heavy atom. The molecule has 3 heteroatoms. The highest BCUT2D eigenvalue weighted by Crippen LogP contribution is 2.28. The fourth-order valence-corrected chi connectivity index (χ4v) is 1.76. The zero-order valence-corrected chi connectivity index (χ0v) is 11.0. The topological polar surface area (TPSA) is 12.0 Å². The van der Waals surface area contributed by atoms with E-state index in [1.165, 1.54) is 0 Å². The Hall–Kier alpha value is -0.600. The standard InChI is InChI=1S/C13H19ClFN/c1-9(2)16-8-13(3,4)10-6-5-7-11(14)12(10)15/h5-7,9,16H,8H2,1-4H3. The molecule has 0 radical (unpaired) electrons. The summed E-state index contributed by atoms with van der Waals surface area (Å²) in [5.74, 6) is -0.306. The molecule has 0 saturated carbocycles. The highest BCUT2D eigenvalue weighted by molar-refractivity contribution is 6.30. The van der Waals surface area contributed by atoms with Gasteiger partial charge in [-0.1, -0.05) is 51.4 Å². The molecule has 0 fully saturated rings. The molecule has 0 bridgehead atoms. The molecule has 90 valence electrons. The van der Waals surface area contributed by atoms with Crippen LogP contribution in [0, 0.1) is 5.82 Å². The summed E-state index contributed by atoms with van der Waals surface area (Å²) in [6, 6.07) is 5.55. The molecule has 16 heavy (non-hydrogen) atoms. The van der Waals surface area contributed by atoms with Crippen molar-refractivity contribution in [2.45, 2.75) is 39.2 Å². The van der Waals surface area contributed by atoms with Gasteiger partial charge in [-0.05, 0) is 11.6 Å². The van der Waals surface area contributed by atoms with Crippen molar-refractivity contribution in [3.8, 4) is 0 Å². The first-order valence-corrected chi connectivity index (χ1v) is 5.90. The number of halogens is 2. The molecule has 1 aromatic carbocycles. The monoisotopic (exact) mass is 243 g/mol. The van der Waals surface area contributed by atoms with Gasteiger partial charge in [-0.15, -0.1) is 0 Å². The van der Waals surface area contributed by atoms with E-state index < -0.39 is 0 Å². The van der Waals surface area contributed by atoms with Crippen LogP contribution in [0.1, 0.15) is 33.3 Å². The Kier molecular flexibility index (Phi) is 4.34. The van der Waals surface area contributed by atoms with E-state index in [-0.39, 0.29) is 16.3 Å². The van der Waals surface area contributed by atoms with Crippen LogP contribution >= 0.6 is 11.6 Å². The van der Waals surface area contributed by atoms with Gasteiger partial charge in [0.1, 0.15) is 5.82 Å². The first-order chi connectivity index (χ1) is 7.34. The minimum Gasteiger partial charge on any atom is -0.314 e. The molecule has 0 aliphatic carbocycles. The summed E-state index contributed by atoms with van der Waals surface area (Å²) in [6.07, 6.45) is 0. The van der Waals surface area contributed by atoms with Crippen molar-refractivity contribution in [2.24, 2.45) is 0 Å². The van der Waals surface area contributed by atoms with Gasteiger partial charge in [-0.25, -0.2) is 4.39 Å². The molecule has 0 spiro atoms. The lowest BCUT2D eigenvalue weighted by Crippen LogP contribution is -2.37.